The van der Waals surface area contributed by atoms with Crippen molar-refractivity contribution in [2.24, 2.45) is 0 Å². The van der Waals surface area contributed by atoms with Gasteiger partial charge in [0.1, 0.15) is 5.69 Å². The summed E-state index contributed by atoms with van der Waals surface area (Å²) in [6.07, 6.45) is 0. The number of halogens is 2. The van der Waals surface area contributed by atoms with Crippen LogP contribution in [-0.4, -0.2) is 10.8 Å². The van der Waals surface area contributed by atoms with E-state index in [2.05, 4.69) is 21.2 Å². The van der Waals surface area contributed by atoms with Crippen molar-refractivity contribution in [2.75, 3.05) is 5.32 Å². The Kier molecular flexibility index (Phi) is 4.94. The van der Waals surface area contributed by atoms with Crippen LogP contribution >= 0.6 is 38.5 Å². The van der Waals surface area contributed by atoms with Crippen LogP contribution in [0.1, 0.15) is 15.9 Å². The van der Waals surface area contributed by atoms with Gasteiger partial charge in [0.15, 0.2) is 0 Å². The fourth-order valence-corrected chi connectivity index (χ4v) is 2.70. The van der Waals surface area contributed by atoms with Crippen LogP contribution in [-0.2, 0) is 0 Å². The molecule has 7 heteroatoms. The van der Waals surface area contributed by atoms with Crippen molar-refractivity contribution in [2.45, 2.75) is 6.92 Å². The zero-order valence-electron chi connectivity index (χ0n) is 10.9. The Morgan fingerprint density at radius 3 is 2.67 bits per heavy atom. The van der Waals surface area contributed by atoms with Gasteiger partial charge >= 0.3 is 0 Å². The first-order chi connectivity index (χ1) is 9.88. The molecule has 0 aliphatic carbocycles. The molecule has 5 nitrogen and oxygen atoms in total. The number of rotatable bonds is 3. The highest BCUT2D eigenvalue weighted by Gasteiger charge is 2.18. The number of hydrogen-bond donors (Lipinski definition) is 1. The third kappa shape index (κ3) is 3.79. The number of nitrogens with zero attached hydrogens (tertiary/aromatic N) is 1. The molecule has 0 unspecified atom stereocenters. The highest BCUT2D eigenvalue weighted by Crippen LogP contribution is 2.27. The maximum atomic E-state index is 12.3. The van der Waals surface area contributed by atoms with Crippen LogP contribution in [0.5, 0.6) is 0 Å². The highest BCUT2D eigenvalue weighted by atomic mass is 127. The second-order valence-corrected chi connectivity index (χ2v) is 6.43. The van der Waals surface area contributed by atoms with Gasteiger partial charge in [0.25, 0.3) is 11.6 Å². The van der Waals surface area contributed by atoms with Gasteiger partial charge in [-0.25, -0.2) is 0 Å². The minimum absolute atomic E-state index is 0.117. The van der Waals surface area contributed by atoms with E-state index in [4.69, 9.17) is 0 Å². The monoisotopic (exact) mass is 460 g/mol. The van der Waals surface area contributed by atoms with Crippen LogP contribution in [0.15, 0.2) is 40.9 Å². The summed E-state index contributed by atoms with van der Waals surface area (Å²) in [6.45, 7) is 1.76. The molecule has 0 aliphatic heterocycles. The lowest BCUT2D eigenvalue weighted by atomic mass is 10.1. The van der Waals surface area contributed by atoms with Crippen LogP contribution < -0.4 is 5.32 Å². The van der Waals surface area contributed by atoms with Crippen molar-refractivity contribution in [3.05, 3.63) is 65.7 Å². The minimum atomic E-state index is -0.505. The smallest absolute Gasteiger partial charge is 0.293 e. The highest BCUT2D eigenvalue weighted by molar-refractivity contribution is 14.1. The van der Waals surface area contributed by atoms with E-state index >= 15 is 0 Å². The molecule has 0 saturated carbocycles. The van der Waals surface area contributed by atoms with Crippen molar-refractivity contribution in [1.82, 2.24) is 0 Å². The summed E-state index contributed by atoms with van der Waals surface area (Å²) in [5, 5.41) is 13.7. The molecule has 1 amide bonds. The van der Waals surface area contributed by atoms with E-state index in [9.17, 15) is 14.9 Å². The molecule has 2 aromatic carbocycles. The maximum absolute atomic E-state index is 12.3. The van der Waals surface area contributed by atoms with Crippen LogP contribution in [0.25, 0.3) is 0 Å². The Hall–Kier alpha value is -1.48. The molecule has 0 bridgehead atoms. The van der Waals surface area contributed by atoms with Gasteiger partial charge in [-0.15, -0.1) is 0 Å². The Bertz CT molecular complexity index is 734. The average molecular weight is 461 g/mol. The van der Waals surface area contributed by atoms with E-state index < -0.39 is 4.92 Å². The lowest BCUT2D eigenvalue weighted by molar-refractivity contribution is -0.384. The van der Waals surface area contributed by atoms with Crippen LogP contribution in [0, 0.1) is 20.6 Å². The molecule has 108 valence electrons. The molecule has 0 aliphatic rings. The van der Waals surface area contributed by atoms with E-state index in [0.29, 0.717) is 5.56 Å². The second kappa shape index (κ2) is 6.52. The number of anilines is 1. The van der Waals surface area contributed by atoms with E-state index in [1.54, 1.807) is 25.1 Å². The average Bonchev–Trinajstić information content (AvgIpc) is 2.43. The summed E-state index contributed by atoms with van der Waals surface area (Å²) in [7, 11) is 0. The molecule has 0 spiro atoms. The van der Waals surface area contributed by atoms with E-state index in [1.807, 2.05) is 28.7 Å². The minimum Gasteiger partial charge on any atom is -0.316 e. The second-order valence-electron chi connectivity index (χ2n) is 4.36. The first kappa shape index (κ1) is 15.9. The topological polar surface area (TPSA) is 72.2 Å². The van der Waals surface area contributed by atoms with Crippen molar-refractivity contribution in [3.63, 3.8) is 0 Å². The molecule has 0 atom stereocenters. The summed E-state index contributed by atoms with van der Waals surface area (Å²) in [6, 6.07) is 9.99. The van der Waals surface area contributed by atoms with Crippen molar-refractivity contribution in [3.8, 4) is 0 Å². The number of benzene rings is 2. The van der Waals surface area contributed by atoms with Crippen LogP contribution in [0.2, 0.25) is 0 Å². The first-order valence-corrected chi connectivity index (χ1v) is 7.77. The predicted octanol–water partition coefficient (Wildman–Crippen LogP) is 4.52. The number of hydrogen-bond acceptors (Lipinski definition) is 3. The van der Waals surface area contributed by atoms with Crippen molar-refractivity contribution >= 4 is 55.8 Å². The number of nitrogens with one attached hydrogen (secondary N) is 1. The Morgan fingerprint density at radius 1 is 1.29 bits per heavy atom. The molecule has 1 N–H and O–H groups in total. The molecule has 0 fully saturated rings. The molecule has 2 aromatic rings. The summed E-state index contributed by atoms with van der Waals surface area (Å²) >= 11 is 5.35. The fraction of sp³-hybridized carbons (Fsp3) is 0.0714. The lowest BCUT2D eigenvalue weighted by Gasteiger charge is -2.08. The molecule has 2 rings (SSSR count). The number of carbonyl (C=O) groups excluding carboxylic acids is 1. The van der Waals surface area contributed by atoms with Gasteiger partial charge in [-0.1, -0.05) is 22.0 Å². The van der Waals surface area contributed by atoms with Gasteiger partial charge < -0.3 is 5.32 Å². The molecule has 0 heterocycles. The Labute approximate surface area is 143 Å². The van der Waals surface area contributed by atoms with E-state index in [-0.39, 0.29) is 17.3 Å². The summed E-state index contributed by atoms with van der Waals surface area (Å²) in [4.78, 5) is 22.8. The SMILES string of the molecule is Cc1ccc(NC(=O)c2cc(Br)ccc2I)c([N+](=O)[O-])c1. The number of nitro groups is 1. The lowest BCUT2D eigenvalue weighted by Crippen LogP contribution is -2.14. The molecule has 0 saturated heterocycles. The maximum Gasteiger partial charge on any atom is 0.293 e. The van der Waals surface area contributed by atoms with Gasteiger partial charge in [0, 0.05) is 14.1 Å². The summed E-state index contributed by atoms with van der Waals surface area (Å²) < 4.78 is 1.54. The van der Waals surface area contributed by atoms with E-state index in [0.717, 1.165) is 13.6 Å². The van der Waals surface area contributed by atoms with Gasteiger partial charge in [-0.2, -0.15) is 0 Å². The third-order valence-electron chi connectivity index (χ3n) is 2.77. The first-order valence-electron chi connectivity index (χ1n) is 5.90. The predicted molar refractivity (Wildman–Crippen MR) is 92.6 cm³/mol. The number of aryl methyl sites for hydroxylation is 1. The molecule has 21 heavy (non-hydrogen) atoms. The summed E-state index contributed by atoms with van der Waals surface area (Å²) in [5.74, 6) is -0.382. The largest absolute Gasteiger partial charge is 0.316 e. The van der Waals surface area contributed by atoms with Crippen LogP contribution in [0.4, 0.5) is 11.4 Å². The molecular weight excluding hydrogens is 451 g/mol. The molecule has 0 radical (unpaired) electrons. The quantitative estimate of drug-likeness (QED) is 0.415. The zero-order chi connectivity index (χ0) is 15.6. The molecular formula is C14H10BrIN2O3. The third-order valence-corrected chi connectivity index (χ3v) is 4.21. The van der Waals surface area contributed by atoms with Gasteiger partial charge in [0.2, 0.25) is 0 Å². The van der Waals surface area contributed by atoms with Gasteiger partial charge in [-0.05, 0) is 59.3 Å². The summed E-state index contributed by atoms with van der Waals surface area (Å²) in [5.41, 5.74) is 1.29. The number of nitro benzene ring substituents is 1. The Balaban J connectivity index is 2.36. The van der Waals surface area contributed by atoms with E-state index in [1.165, 1.54) is 12.1 Å². The van der Waals surface area contributed by atoms with Crippen molar-refractivity contribution < 1.29 is 9.72 Å². The normalized spacial score (nSPS) is 10.2. The number of carbonyl (C=O) groups is 1. The molecule has 0 aromatic heterocycles. The Morgan fingerprint density at radius 2 is 2.00 bits per heavy atom. The van der Waals surface area contributed by atoms with Gasteiger partial charge in [0.05, 0.1) is 10.5 Å². The zero-order valence-corrected chi connectivity index (χ0v) is 14.6. The van der Waals surface area contributed by atoms with Crippen LogP contribution in [0.3, 0.4) is 0 Å². The number of amides is 1. The standard InChI is InChI=1S/C14H10BrIN2O3/c1-8-2-5-12(13(6-8)18(20)21)17-14(19)10-7-9(15)3-4-11(10)16/h2-7H,1H3,(H,17,19). The fourth-order valence-electron chi connectivity index (χ4n) is 1.76. The van der Waals surface area contributed by atoms with Gasteiger partial charge in [-0.3, -0.25) is 14.9 Å². The van der Waals surface area contributed by atoms with Crippen molar-refractivity contribution in [1.29, 1.82) is 0 Å².